The van der Waals surface area contributed by atoms with Crippen LogP contribution < -0.4 is 20.7 Å². The first-order valence-corrected chi connectivity index (χ1v) is 15.2. The summed E-state index contributed by atoms with van der Waals surface area (Å²) in [5.74, 6) is -2.92. The van der Waals surface area contributed by atoms with E-state index in [1.165, 1.54) is 11.8 Å². The maximum atomic E-state index is 13.9. The highest BCUT2D eigenvalue weighted by atomic mass is 16.5. The molecule has 0 aromatic heterocycles. The third-order valence-electron chi connectivity index (χ3n) is 8.29. The third-order valence-corrected chi connectivity index (χ3v) is 8.29. The predicted octanol–water partition coefficient (Wildman–Crippen LogP) is 0.852. The van der Waals surface area contributed by atoms with Crippen molar-refractivity contribution < 1.29 is 43.7 Å². The lowest BCUT2D eigenvalue weighted by molar-refractivity contribution is -0.144. The summed E-state index contributed by atoms with van der Waals surface area (Å²) in [5.41, 5.74) is -0.698. The van der Waals surface area contributed by atoms with E-state index in [1.54, 1.807) is 38.1 Å². The molecular weight excluding hydrogens is 572 g/mol. The minimum Gasteiger partial charge on any atom is -0.482 e. The summed E-state index contributed by atoms with van der Waals surface area (Å²) >= 11 is 0. The zero-order valence-corrected chi connectivity index (χ0v) is 25.6. The van der Waals surface area contributed by atoms with E-state index in [2.05, 4.69) is 16.0 Å². The van der Waals surface area contributed by atoms with Crippen LogP contribution in [0, 0.1) is 0 Å². The minimum absolute atomic E-state index is 0.0998. The number of fused-ring (bicyclic) bond motifs is 1. The normalized spacial score (nSPS) is 25.1. The molecule has 1 aromatic rings. The topological polar surface area (TPSA) is 191 Å². The number of carboxylic acids is 1. The van der Waals surface area contributed by atoms with Crippen LogP contribution in [0.5, 0.6) is 5.75 Å². The number of aliphatic hydroxyl groups excluding tert-OH is 1. The van der Waals surface area contributed by atoms with Gasteiger partial charge in [-0.15, -0.1) is 0 Å². The minimum atomic E-state index is -1.37. The average molecular weight is 617 g/mol. The molecule has 5 N–H and O–H groups in total. The van der Waals surface area contributed by atoms with Gasteiger partial charge in [0, 0.05) is 19.4 Å². The highest BCUT2D eigenvalue weighted by molar-refractivity contribution is 5.99. The Kier molecular flexibility index (Phi) is 12.3. The number of rotatable bonds is 13. The number of benzene rings is 1. The Labute approximate surface area is 257 Å². The van der Waals surface area contributed by atoms with Gasteiger partial charge in [0.15, 0.2) is 12.4 Å². The highest BCUT2D eigenvalue weighted by Crippen LogP contribution is 2.23. The SMILES string of the molecule is CC[C@]1(C)NC(=O)[C@H](CCCCCC(=O)[C@@H](C)O)NC(=O)[C@H]2CCCN2C(=O)[C@H](Cc2ccc(OCC(=O)O)cc2)NC1=O. The fourth-order valence-corrected chi connectivity index (χ4v) is 5.36. The van der Waals surface area contributed by atoms with Crippen molar-refractivity contribution in [3.05, 3.63) is 29.8 Å². The summed E-state index contributed by atoms with van der Waals surface area (Å²) in [6.07, 6.45) is 2.45. The Balaban J connectivity index is 1.80. The number of carbonyl (C=O) groups is 6. The summed E-state index contributed by atoms with van der Waals surface area (Å²) in [6.45, 7) is 4.56. The lowest BCUT2D eigenvalue weighted by Gasteiger charge is -2.36. The van der Waals surface area contributed by atoms with E-state index in [0.29, 0.717) is 50.0 Å². The number of ether oxygens (including phenoxy) is 1. The van der Waals surface area contributed by atoms with Gasteiger partial charge in [0.2, 0.25) is 23.6 Å². The molecule has 0 aliphatic carbocycles. The van der Waals surface area contributed by atoms with Crippen LogP contribution in [0.4, 0.5) is 0 Å². The van der Waals surface area contributed by atoms with Crippen LogP contribution in [0.2, 0.25) is 0 Å². The number of hydrogen-bond acceptors (Lipinski definition) is 8. The van der Waals surface area contributed by atoms with Gasteiger partial charge in [-0.25, -0.2) is 4.79 Å². The lowest BCUT2D eigenvalue weighted by atomic mass is 9.94. The van der Waals surface area contributed by atoms with Crippen molar-refractivity contribution in [2.75, 3.05) is 13.2 Å². The molecule has 3 rings (SSSR count). The van der Waals surface area contributed by atoms with Gasteiger partial charge < -0.3 is 35.8 Å². The van der Waals surface area contributed by atoms with Gasteiger partial charge in [-0.05, 0) is 63.6 Å². The van der Waals surface area contributed by atoms with E-state index in [4.69, 9.17) is 9.84 Å². The Morgan fingerprint density at radius 2 is 1.75 bits per heavy atom. The molecule has 5 atom stereocenters. The number of aliphatic carboxylic acids is 1. The first kappa shape index (κ1) is 34.5. The molecule has 13 nitrogen and oxygen atoms in total. The van der Waals surface area contributed by atoms with Crippen molar-refractivity contribution in [2.24, 2.45) is 0 Å². The Hall–Kier alpha value is -4.00. The number of Topliss-reactive ketones (excluding diaryl/α,β-unsaturated/α-hetero) is 1. The molecule has 242 valence electrons. The number of unbranched alkanes of at least 4 members (excludes halogenated alkanes) is 2. The van der Waals surface area contributed by atoms with Gasteiger partial charge in [-0.3, -0.25) is 24.0 Å². The average Bonchev–Trinajstić information content (AvgIpc) is 3.48. The molecule has 0 spiro atoms. The molecule has 4 amide bonds. The van der Waals surface area contributed by atoms with Crippen LogP contribution in [0.25, 0.3) is 0 Å². The number of amides is 4. The molecule has 44 heavy (non-hydrogen) atoms. The molecular formula is C31H44N4O9. The molecule has 0 bridgehead atoms. The molecule has 1 aromatic carbocycles. The van der Waals surface area contributed by atoms with E-state index in [0.717, 1.165) is 0 Å². The van der Waals surface area contributed by atoms with Gasteiger partial charge >= 0.3 is 5.97 Å². The molecule has 2 aliphatic heterocycles. The number of carboxylic acid groups (broad SMARTS) is 1. The van der Waals surface area contributed by atoms with Crippen LogP contribution >= 0.6 is 0 Å². The highest BCUT2D eigenvalue weighted by Gasteiger charge is 2.43. The van der Waals surface area contributed by atoms with E-state index >= 15 is 0 Å². The monoisotopic (exact) mass is 616 g/mol. The Morgan fingerprint density at radius 1 is 1.05 bits per heavy atom. The summed E-state index contributed by atoms with van der Waals surface area (Å²) in [5, 5.41) is 26.7. The first-order chi connectivity index (χ1) is 20.8. The van der Waals surface area contributed by atoms with Crippen molar-refractivity contribution in [2.45, 2.75) is 108 Å². The van der Waals surface area contributed by atoms with Crippen LogP contribution in [-0.4, -0.2) is 93.4 Å². The second kappa shape index (κ2) is 15.6. The van der Waals surface area contributed by atoms with Crippen LogP contribution in [-0.2, 0) is 35.2 Å². The summed E-state index contributed by atoms with van der Waals surface area (Å²) < 4.78 is 5.18. The molecule has 13 heteroatoms. The zero-order valence-electron chi connectivity index (χ0n) is 25.6. The number of aliphatic hydroxyl groups is 1. The van der Waals surface area contributed by atoms with Crippen molar-refractivity contribution >= 4 is 35.4 Å². The van der Waals surface area contributed by atoms with Crippen molar-refractivity contribution in [1.82, 2.24) is 20.9 Å². The fraction of sp³-hybridized carbons (Fsp3) is 0.613. The lowest BCUT2D eigenvalue weighted by Crippen LogP contribution is -2.65. The molecule has 2 heterocycles. The van der Waals surface area contributed by atoms with Crippen LogP contribution in [0.3, 0.4) is 0 Å². The number of nitrogens with zero attached hydrogens (tertiary/aromatic N) is 1. The van der Waals surface area contributed by atoms with Crippen molar-refractivity contribution in [3.8, 4) is 5.75 Å². The Morgan fingerprint density at radius 3 is 2.39 bits per heavy atom. The van der Waals surface area contributed by atoms with Gasteiger partial charge in [-0.1, -0.05) is 31.9 Å². The van der Waals surface area contributed by atoms with Gasteiger partial charge in [0.05, 0.1) is 0 Å². The summed E-state index contributed by atoms with van der Waals surface area (Å²) in [6, 6.07) is 3.73. The smallest absolute Gasteiger partial charge is 0.341 e. The van der Waals surface area contributed by atoms with E-state index in [-0.39, 0.29) is 31.5 Å². The van der Waals surface area contributed by atoms with Crippen LogP contribution in [0.1, 0.15) is 77.7 Å². The second-order valence-electron chi connectivity index (χ2n) is 11.7. The van der Waals surface area contributed by atoms with E-state index in [9.17, 15) is 33.9 Å². The maximum absolute atomic E-state index is 13.9. The third kappa shape index (κ3) is 9.25. The van der Waals surface area contributed by atoms with E-state index < -0.39 is 66.0 Å². The first-order valence-electron chi connectivity index (χ1n) is 15.2. The fourth-order valence-electron chi connectivity index (χ4n) is 5.36. The standard InChI is InChI=1S/C31H44N4O9/c1-4-31(3)30(43)33-23(17-20-12-14-21(15-13-20)44-18-26(38)39)29(42)35-16-8-10-24(35)28(41)32-22(27(40)34-31)9-6-5-7-11-25(37)19(2)36/h12-15,19,22-24,36H,4-11,16-18H2,1-3H3,(H,32,41)(H,33,43)(H,34,40)(H,38,39)/t19-,22+,23+,24-,31+/m1/s1. The largest absolute Gasteiger partial charge is 0.482 e. The van der Waals surface area contributed by atoms with Gasteiger partial charge in [0.1, 0.15) is 35.5 Å². The molecule has 0 saturated carbocycles. The van der Waals surface area contributed by atoms with Crippen molar-refractivity contribution in [1.29, 1.82) is 0 Å². The Bertz CT molecular complexity index is 1220. The maximum Gasteiger partial charge on any atom is 0.341 e. The quantitative estimate of drug-likeness (QED) is 0.200. The predicted molar refractivity (Wildman–Crippen MR) is 158 cm³/mol. The number of nitrogens with one attached hydrogen (secondary N) is 3. The molecule has 2 aliphatic rings. The molecule has 2 saturated heterocycles. The van der Waals surface area contributed by atoms with Crippen molar-refractivity contribution in [3.63, 3.8) is 0 Å². The molecule has 0 unspecified atom stereocenters. The second-order valence-corrected chi connectivity index (χ2v) is 11.7. The number of ketones is 1. The number of hydrogen-bond donors (Lipinski definition) is 5. The summed E-state index contributed by atoms with van der Waals surface area (Å²) in [4.78, 5) is 78.5. The zero-order chi connectivity index (χ0) is 32.4. The molecule has 2 fully saturated rings. The molecule has 0 radical (unpaired) electrons. The van der Waals surface area contributed by atoms with Crippen LogP contribution in [0.15, 0.2) is 24.3 Å². The van der Waals surface area contributed by atoms with Gasteiger partial charge in [0.25, 0.3) is 0 Å². The number of carbonyl (C=O) groups excluding carboxylic acids is 5. The van der Waals surface area contributed by atoms with E-state index in [1.807, 2.05) is 0 Å². The van der Waals surface area contributed by atoms with Gasteiger partial charge in [-0.2, -0.15) is 0 Å². The summed E-state index contributed by atoms with van der Waals surface area (Å²) in [7, 11) is 0.